The Morgan fingerprint density at radius 3 is 2.23 bits per heavy atom. The summed E-state index contributed by atoms with van der Waals surface area (Å²) in [6.45, 7) is 2.03. The molecule has 0 fully saturated rings. The van der Waals surface area contributed by atoms with Crippen molar-refractivity contribution in [1.82, 2.24) is 0 Å². The SMILES string of the molecule is COc1ccc2cc(C=Cc3cc[n+]4c(c3)-c3c(ccc5c3-c3c6ccccc6cc[n+]3CC5)CC4)ccc2c1. The minimum absolute atomic E-state index is 0.888. The molecule has 6 aromatic rings. The first kappa shape index (κ1) is 23.2. The number of hydrogen-bond acceptors (Lipinski definition) is 1. The minimum Gasteiger partial charge on any atom is -0.497 e. The number of hydrogen-bond donors (Lipinski definition) is 0. The summed E-state index contributed by atoms with van der Waals surface area (Å²) in [6.07, 6.45) is 11.1. The van der Waals surface area contributed by atoms with Gasteiger partial charge in [0.25, 0.3) is 0 Å². The number of pyridine rings is 2. The normalized spacial score (nSPS) is 13.6. The Labute approximate surface area is 234 Å². The zero-order valence-corrected chi connectivity index (χ0v) is 22.6. The van der Waals surface area contributed by atoms with Crippen LogP contribution in [0.3, 0.4) is 0 Å². The second-order valence-electron chi connectivity index (χ2n) is 10.9. The molecule has 0 unspecified atom stereocenters. The summed E-state index contributed by atoms with van der Waals surface area (Å²) < 4.78 is 10.3. The molecular weight excluding hydrogens is 488 g/mol. The van der Waals surface area contributed by atoms with Gasteiger partial charge in [0.2, 0.25) is 11.4 Å². The zero-order valence-electron chi connectivity index (χ0n) is 22.6. The summed E-state index contributed by atoms with van der Waals surface area (Å²) in [5, 5.41) is 5.04. The molecule has 0 atom stereocenters. The predicted molar refractivity (Wildman–Crippen MR) is 162 cm³/mol. The highest BCUT2D eigenvalue weighted by Crippen LogP contribution is 2.41. The molecule has 3 heteroatoms. The first-order chi connectivity index (χ1) is 19.7. The Hall–Kier alpha value is -4.76. The summed E-state index contributed by atoms with van der Waals surface area (Å²) in [6, 6.07) is 33.3. The largest absolute Gasteiger partial charge is 0.497 e. The molecule has 0 radical (unpaired) electrons. The van der Waals surface area contributed by atoms with Crippen molar-refractivity contribution in [2.45, 2.75) is 25.9 Å². The van der Waals surface area contributed by atoms with Gasteiger partial charge in [-0.1, -0.05) is 60.7 Å². The number of benzene rings is 4. The molecule has 2 aliphatic rings. The lowest BCUT2D eigenvalue weighted by molar-refractivity contribution is -0.689. The Balaban J connectivity index is 1.25. The lowest BCUT2D eigenvalue weighted by atomic mass is 9.83. The van der Waals surface area contributed by atoms with Crippen LogP contribution in [0.4, 0.5) is 0 Å². The average Bonchev–Trinajstić information content (AvgIpc) is 3.02. The van der Waals surface area contributed by atoms with Crippen LogP contribution in [0.1, 0.15) is 22.3 Å². The summed E-state index contributed by atoms with van der Waals surface area (Å²) in [5.41, 5.74) is 10.8. The Morgan fingerprint density at radius 2 is 1.35 bits per heavy atom. The van der Waals surface area contributed by atoms with Crippen LogP contribution in [0.2, 0.25) is 0 Å². The molecule has 3 nitrogen and oxygen atoms in total. The van der Waals surface area contributed by atoms with Crippen LogP contribution in [0, 0.1) is 0 Å². The zero-order chi connectivity index (χ0) is 26.6. The predicted octanol–water partition coefficient (Wildman–Crippen LogP) is 7.19. The van der Waals surface area contributed by atoms with Gasteiger partial charge in [-0.3, -0.25) is 0 Å². The summed E-state index contributed by atoms with van der Waals surface area (Å²) in [5.74, 6) is 0.888. The van der Waals surface area contributed by atoms with Gasteiger partial charge in [0.05, 0.1) is 23.6 Å². The van der Waals surface area contributed by atoms with Crippen LogP contribution in [0.5, 0.6) is 5.75 Å². The number of ether oxygens (including phenoxy) is 1. The van der Waals surface area contributed by atoms with E-state index in [0.717, 1.165) is 31.7 Å². The van der Waals surface area contributed by atoms with Crippen LogP contribution < -0.4 is 13.9 Å². The first-order valence-electron chi connectivity index (χ1n) is 14.1. The van der Waals surface area contributed by atoms with Gasteiger partial charge >= 0.3 is 0 Å². The number of rotatable bonds is 3. The summed E-state index contributed by atoms with van der Waals surface area (Å²) >= 11 is 0. The van der Waals surface area contributed by atoms with Crippen LogP contribution in [-0.2, 0) is 25.9 Å². The third-order valence-corrected chi connectivity index (χ3v) is 8.65. The van der Waals surface area contributed by atoms with Crippen LogP contribution in [0.15, 0.2) is 103 Å². The van der Waals surface area contributed by atoms with Crippen molar-refractivity contribution in [2.24, 2.45) is 0 Å². The van der Waals surface area contributed by atoms with Gasteiger partial charge < -0.3 is 4.74 Å². The highest BCUT2D eigenvalue weighted by atomic mass is 16.5. The molecule has 0 spiro atoms. The number of nitrogens with zero attached hydrogens (tertiary/aromatic N) is 2. The van der Waals surface area contributed by atoms with Gasteiger partial charge in [-0.2, -0.15) is 9.13 Å². The van der Waals surface area contributed by atoms with Crippen molar-refractivity contribution >= 4 is 33.7 Å². The second kappa shape index (κ2) is 9.17. The molecule has 0 saturated carbocycles. The quantitative estimate of drug-likeness (QED) is 0.227. The molecular formula is C37H30N2O+2. The second-order valence-corrected chi connectivity index (χ2v) is 10.9. The number of aromatic nitrogens is 2. The van der Waals surface area contributed by atoms with Gasteiger partial charge in [0.1, 0.15) is 5.75 Å². The van der Waals surface area contributed by atoms with Crippen LogP contribution >= 0.6 is 0 Å². The van der Waals surface area contributed by atoms with Gasteiger partial charge in [0, 0.05) is 31.0 Å². The lowest BCUT2D eigenvalue weighted by Gasteiger charge is -2.23. The van der Waals surface area contributed by atoms with E-state index in [1.165, 1.54) is 66.3 Å². The Bertz CT molecular complexity index is 2000. The van der Waals surface area contributed by atoms with E-state index in [2.05, 4.69) is 119 Å². The molecule has 0 amide bonds. The minimum atomic E-state index is 0.888. The molecule has 0 bridgehead atoms. The number of aryl methyl sites for hydroxylation is 4. The lowest BCUT2D eigenvalue weighted by Crippen LogP contribution is -2.43. The van der Waals surface area contributed by atoms with Gasteiger partial charge in [-0.15, -0.1) is 0 Å². The fraction of sp³-hybridized carbons (Fsp3) is 0.135. The van der Waals surface area contributed by atoms with E-state index in [9.17, 15) is 0 Å². The van der Waals surface area contributed by atoms with Crippen LogP contribution in [-0.4, -0.2) is 7.11 Å². The van der Waals surface area contributed by atoms with Crippen molar-refractivity contribution in [2.75, 3.05) is 7.11 Å². The summed E-state index contributed by atoms with van der Waals surface area (Å²) in [4.78, 5) is 0. The maximum absolute atomic E-state index is 5.39. The molecule has 2 aliphatic heterocycles. The third-order valence-electron chi connectivity index (χ3n) is 8.65. The van der Waals surface area contributed by atoms with Crippen molar-refractivity contribution in [1.29, 1.82) is 0 Å². The van der Waals surface area contributed by atoms with Gasteiger partial charge in [-0.25, -0.2) is 0 Å². The van der Waals surface area contributed by atoms with Crippen LogP contribution in [0.25, 0.3) is 56.2 Å². The molecule has 0 saturated heterocycles. The smallest absolute Gasteiger partial charge is 0.221 e. The van der Waals surface area contributed by atoms with Gasteiger partial charge in [-0.05, 0) is 62.7 Å². The molecule has 40 heavy (non-hydrogen) atoms. The van der Waals surface area contributed by atoms with Gasteiger partial charge in [0.15, 0.2) is 25.5 Å². The van der Waals surface area contributed by atoms with Crippen molar-refractivity contribution in [3.63, 3.8) is 0 Å². The first-order valence-corrected chi connectivity index (χ1v) is 14.1. The van der Waals surface area contributed by atoms with Crippen molar-refractivity contribution in [3.8, 4) is 28.3 Å². The molecule has 2 aromatic heterocycles. The highest BCUT2D eigenvalue weighted by molar-refractivity contribution is 5.98. The van der Waals surface area contributed by atoms with Crippen molar-refractivity contribution in [3.05, 3.63) is 126 Å². The number of methoxy groups -OCH3 is 1. The van der Waals surface area contributed by atoms with E-state index in [0.29, 0.717) is 0 Å². The highest BCUT2D eigenvalue weighted by Gasteiger charge is 2.34. The average molecular weight is 519 g/mol. The van der Waals surface area contributed by atoms with Crippen molar-refractivity contribution < 1.29 is 13.9 Å². The molecule has 8 rings (SSSR count). The molecule has 192 valence electrons. The van der Waals surface area contributed by atoms with E-state index in [1.807, 2.05) is 6.07 Å². The Kier molecular flexibility index (Phi) is 5.31. The Morgan fingerprint density at radius 1 is 0.625 bits per heavy atom. The fourth-order valence-corrected chi connectivity index (χ4v) is 6.60. The maximum Gasteiger partial charge on any atom is 0.221 e. The van der Waals surface area contributed by atoms with E-state index in [1.54, 1.807) is 7.11 Å². The standard InChI is InChI=1S/C37H30N2O/c1-40-32-13-12-30-22-25(8-9-31(30)24-32)6-7-26-14-18-38-19-16-28-10-11-29-17-21-39-20-15-27-4-2-3-5-33(27)37(39)36(29)35(28)34(38)23-26/h2-15,18,20,22-24H,16-17,19,21H2,1H3/q+2. The van der Waals surface area contributed by atoms with E-state index >= 15 is 0 Å². The monoisotopic (exact) mass is 518 g/mol. The van der Waals surface area contributed by atoms with E-state index < -0.39 is 0 Å². The maximum atomic E-state index is 5.39. The number of fused-ring (bicyclic) bond motifs is 10. The topological polar surface area (TPSA) is 17.0 Å². The third kappa shape index (κ3) is 3.73. The molecule has 4 heterocycles. The summed E-state index contributed by atoms with van der Waals surface area (Å²) in [7, 11) is 1.71. The molecule has 4 aromatic carbocycles. The molecule has 0 aliphatic carbocycles. The van der Waals surface area contributed by atoms with E-state index in [-0.39, 0.29) is 0 Å². The molecule has 0 N–H and O–H groups in total. The fourth-order valence-electron chi connectivity index (χ4n) is 6.60. The van der Waals surface area contributed by atoms with E-state index in [4.69, 9.17) is 4.74 Å².